The van der Waals surface area contributed by atoms with Crippen molar-refractivity contribution in [2.75, 3.05) is 5.32 Å². The average Bonchev–Trinajstić information content (AvgIpc) is 2.90. The first-order valence-corrected chi connectivity index (χ1v) is 8.18. The molecule has 3 rings (SSSR count). The van der Waals surface area contributed by atoms with Gasteiger partial charge >= 0.3 is 0 Å². The van der Waals surface area contributed by atoms with E-state index in [-0.39, 0.29) is 5.54 Å². The number of anilines is 1. The summed E-state index contributed by atoms with van der Waals surface area (Å²) >= 11 is 6.18. The Balaban J connectivity index is 0.000000924. The molecule has 4 nitrogen and oxygen atoms in total. The van der Waals surface area contributed by atoms with Crippen LogP contribution >= 0.6 is 11.6 Å². The number of nitrogens with zero attached hydrogens (tertiary/aromatic N) is 3. The van der Waals surface area contributed by atoms with Crippen LogP contribution in [0.5, 0.6) is 0 Å². The summed E-state index contributed by atoms with van der Waals surface area (Å²) in [5.74, 6) is 0.958. The van der Waals surface area contributed by atoms with Gasteiger partial charge < -0.3 is 5.32 Å². The van der Waals surface area contributed by atoms with Crippen molar-refractivity contribution in [2.45, 2.75) is 40.2 Å². The van der Waals surface area contributed by atoms with Gasteiger partial charge in [0.1, 0.15) is 16.6 Å². The van der Waals surface area contributed by atoms with Gasteiger partial charge in [-0.15, -0.1) is 0 Å². The minimum atomic E-state index is -0.0298. The van der Waals surface area contributed by atoms with Crippen molar-refractivity contribution in [2.24, 2.45) is 0 Å². The fourth-order valence-electron chi connectivity index (χ4n) is 2.22. The van der Waals surface area contributed by atoms with Crippen LogP contribution < -0.4 is 5.32 Å². The van der Waals surface area contributed by atoms with Gasteiger partial charge in [-0.05, 0) is 45.0 Å². The Morgan fingerprint density at radius 1 is 1.09 bits per heavy atom. The molecule has 0 radical (unpaired) electrons. The lowest BCUT2D eigenvalue weighted by Crippen LogP contribution is -2.26. The van der Waals surface area contributed by atoms with E-state index in [0.717, 1.165) is 22.6 Å². The molecule has 0 aliphatic rings. The number of hydrogen-bond donors (Lipinski definition) is 1. The number of aromatic nitrogens is 3. The van der Waals surface area contributed by atoms with Crippen LogP contribution in [0.4, 0.5) is 5.82 Å². The van der Waals surface area contributed by atoms with Crippen LogP contribution in [-0.4, -0.2) is 19.9 Å². The second kappa shape index (κ2) is 7.01. The summed E-state index contributed by atoms with van der Waals surface area (Å²) in [6.07, 6.45) is 5.56. The van der Waals surface area contributed by atoms with Crippen LogP contribution in [-0.2, 0) is 0 Å². The fourth-order valence-corrected chi connectivity index (χ4v) is 2.45. The van der Waals surface area contributed by atoms with Crippen LogP contribution in [0.3, 0.4) is 0 Å². The lowest BCUT2D eigenvalue weighted by Gasteiger charge is -2.21. The largest absolute Gasteiger partial charge is 0.365 e. The maximum absolute atomic E-state index is 6.18. The molecule has 0 aliphatic heterocycles. The zero-order valence-corrected chi connectivity index (χ0v) is 15.0. The number of halogens is 1. The first-order valence-electron chi connectivity index (χ1n) is 7.80. The SMILES string of the molecule is CC.CC(C)(C)Nc1cnc2ccc(-c3cccnc3Cl)cn12. The van der Waals surface area contributed by atoms with Gasteiger partial charge in [-0.3, -0.25) is 4.40 Å². The van der Waals surface area contributed by atoms with Crippen LogP contribution in [0.15, 0.2) is 42.9 Å². The van der Waals surface area contributed by atoms with Gasteiger partial charge in [0.2, 0.25) is 0 Å². The van der Waals surface area contributed by atoms with E-state index in [1.165, 1.54) is 0 Å². The standard InChI is InChI=1S/C16H17ClN4.C2H6/c1-16(2,3)20-14-9-19-13-7-6-11(10-21(13)14)12-5-4-8-18-15(12)17;1-2/h4-10,20H,1-3H3;1-2H3. The number of fused-ring (bicyclic) bond motifs is 1. The van der Waals surface area contributed by atoms with Crippen LogP contribution in [0.1, 0.15) is 34.6 Å². The second-order valence-corrected chi connectivity index (χ2v) is 6.36. The Kier molecular flexibility index (Phi) is 5.26. The summed E-state index contributed by atoms with van der Waals surface area (Å²) in [5, 5.41) is 3.95. The molecule has 3 aromatic rings. The highest BCUT2D eigenvalue weighted by Crippen LogP contribution is 2.27. The first-order chi connectivity index (χ1) is 10.9. The van der Waals surface area contributed by atoms with Crippen LogP contribution in [0, 0.1) is 0 Å². The van der Waals surface area contributed by atoms with E-state index in [1.54, 1.807) is 6.20 Å². The molecule has 23 heavy (non-hydrogen) atoms. The van der Waals surface area contributed by atoms with Crippen molar-refractivity contribution in [3.8, 4) is 11.1 Å². The molecule has 3 heterocycles. The highest BCUT2D eigenvalue weighted by molar-refractivity contribution is 6.32. The quantitative estimate of drug-likeness (QED) is 0.649. The molecule has 122 valence electrons. The normalized spacial score (nSPS) is 11.0. The van der Waals surface area contributed by atoms with Gasteiger partial charge in [-0.25, -0.2) is 9.97 Å². The maximum Gasteiger partial charge on any atom is 0.138 e. The van der Waals surface area contributed by atoms with Gasteiger partial charge in [0.15, 0.2) is 0 Å². The lowest BCUT2D eigenvalue weighted by atomic mass is 10.1. The summed E-state index contributed by atoms with van der Waals surface area (Å²) in [6.45, 7) is 10.4. The molecule has 3 aromatic heterocycles. The monoisotopic (exact) mass is 330 g/mol. The summed E-state index contributed by atoms with van der Waals surface area (Å²) in [5.41, 5.74) is 2.79. The maximum atomic E-state index is 6.18. The van der Waals surface area contributed by atoms with Crippen LogP contribution in [0.25, 0.3) is 16.8 Å². The number of hydrogen-bond acceptors (Lipinski definition) is 3. The third kappa shape index (κ3) is 4.02. The second-order valence-electron chi connectivity index (χ2n) is 6.01. The highest BCUT2D eigenvalue weighted by Gasteiger charge is 2.13. The third-order valence-corrected chi connectivity index (χ3v) is 3.38. The molecule has 0 spiro atoms. The molecule has 1 N–H and O–H groups in total. The number of imidazole rings is 1. The minimum Gasteiger partial charge on any atom is -0.365 e. The van der Waals surface area contributed by atoms with Crippen molar-refractivity contribution in [1.82, 2.24) is 14.4 Å². The summed E-state index contributed by atoms with van der Waals surface area (Å²) < 4.78 is 2.03. The van der Waals surface area contributed by atoms with E-state index in [1.807, 2.05) is 54.9 Å². The van der Waals surface area contributed by atoms with E-state index in [4.69, 9.17) is 11.6 Å². The Bertz CT molecular complexity index is 787. The van der Waals surface area contributed by atoms with Gasteiger partial charge in [0.25, 0.3) is 0 Å². The average molecular weight is 331 g/mol. The van der Waals surface area contributed by atoms with Crippen molar-refractivity contribution in [3.63, 3.8) is 0 Å². The molecule has 0 aliphatic carbocycles. The zero-order chi connectivity index (χ0) is 17.0. The highest BCUT2D eigenvalue weighted by atomic mass is 35.5. The predicted octanol–water partition coefficient (Wildman–Crippen LogP) is 5.29. The molecule has 5 heteroatoms. The van der Waals surface area contributed by atoms with E-state index in [0.29, 0.717) is 5.15 Å². The molecule has 0 atom stereocenters. The molecule has 0 aromatic carbocycles. The van der Waals surface area contributed by atoms with Gasteiger partial charge in [0.05, 0.1) is 6.20 Å². The lowest BCUT2D eigenvalue weighted by molar-refractivity contribution is 0.629. The molecule has 0 unspecified atom stereocenters. The molecule has 0 fully saturated rings. The number of rotatable bonds is 2. The smallest absolute Gasteiger partial charge is 0.138 e. The first kappa shape index (κ1) is 17.3. The van der Waals surface area contributed by atoms with Crippen molar-refractivity contribution < 1.29 is 0 Å². The summed E-state index contributed by atoms with van der Waals surface area (Å²) in [4.78, 5) is 8.54. The summed E-state index contributed by atoms with van der Waals surface area (Å²) in [7, 11) is 0. The molecule has 0 bridgehead atoms. The Morgan fingerprint density at radius 3 is 2.48 bits per heavy atom. The molecular formula is C18H23ClN4. The molecule has 0 saturated carbocycles. The van der Waals surface area contributed by atoms with Crippen molar-refractivity contribution in [3.05, 3.63) is 48.0 Å². The molecule has 0 amide bonds. The van der Waals surface area contributed by atoms with Gasteiger partial charge in [0, 0.05) is 29.1 Å². The van der Waals surface area contributed by atoms with E-state index in [9.17, 15) is 0 Å². The molecule has 0 saturated heterocycles. The van der Waals surface area contributed by atoms with Crippen molar-refractivity contribution in [1.29, 1.82) is 0 Å². The Hall–Kier alpha value is -2.07. The number of nitrogens with one attached hydrogen (secondary N) is 1. The predicted molar refractivity (Wildman–Crippen MR) is 98.2 cm³/mol. The molecular weight excluding hydrogens is 308 g/mol. The topological polar surface area (TPSA) is 42.2 Å². The van der Waals surface area contributed by atoms with Crippen molar-refractivity contribution >= 4 is 23.1 Å². The Labute approximate surface area is 142 Å². The Morgan fingerprint density at radius 2 is 1.83 bits per heavy atom. The van der Waals surface area contributed by atoms with Gasteiger partial charge in [-0.1, -0.05) is 25.4 Å². The number of pyridine rings is 2. The minimum absolute atomic E-state index is 0.0298. The van der Waals surface area contributed by atoms with Gasteiger partial charge in [-0.2, -0.15) is 0 Å². The van der Waals surface area contributed by atoms with E-state index < -0.39 is 0 Å². The van der Waals surface area contributed by atoms with Crippen LogP contribution in [0.2, 0.25) is 5.15 Å². The summed E-state index contributed by atoms with van der Waals surface area (Å²) in [6, 6.07) is 7.83. The zero-order valence-electron chi connectivity index (χ0n) is 14.3. The van der Waals surface area contributed by atoms with E-state index >= 15 is 0 Å². The third-order valence-electron chi connectivity index (χ3n) is 3.08. The fraction of sp³-hybridized carbons (Fsp3) is 0.333. The van der Waals surface area contributed by atoms with E-state index in [2.05, 4.69) is 36.1 Å².